The minimum absolute atomic E-state index is 0.223. The van der Waals surface area contributed by atoms with Gasteiger partial charge in [-0.15, -0.1) is 0 Å². The molecule has 1 aliphatic rings. The number of benzene rings is 2. The van der Waals surface area contributed by atoms with Crippen LogP contribution < -0.4 is 14.8 Å². The highest BCUT2D eigenvalue weighted by Crippen LogP contribution is 2.38. The minimum Gasteiger partial charge on any atom is -0.497 e. The first-order valence-corrected chi connectivity index (χ1v) is 11.9. The molecule has 2 heterocycles. The monoisotopic (exact) mass is 478 g/mol. The van der Waals surface area contributed by atoms with Crippen molar-refractivity contribution < 1.29 is 14.0 Å². The molecule has 0 spiro atoms. The van der Waals surface area contributed by atoms with Crippen molar-refractivity contribution in [3.05, 3.63) is 65.7 Å². The van der Waals surface area contributed by atoms with Crippen molar-refractivity contribution in [3.8, 4) is 22.9 Å². The molecule has 4 rings (SSSR count). The minimum atomic E-state index is -0.223. The molecule has 3 aromatic rings. The summed E-state index contributed by atoms with van der Waals surface area (Å²) in [4.78, 5) is 6.90. The maximum atomic E-state index is 5.81. The lowest BCUT2D eigenvalue weighted by molar-refractivity contribution is 0.395. The van der Waals surface area contributed by atoms with E-state index in [0.29, 0.717) is 16.8 Å². The summed E-state index contributed by atoms with van der Waals surface area (Å²) >= 11 is 5.77. The van der Waals surface area contributed by atoms with Gasteiger partial charge in [0.25, 0.3) is 5.89 Å². The van der Waals surface area contributed by atoms with Gasteiger partial charge in [0.2, 0.25) is 5.82 Å². The van der Waals surface area contributed by atoms with Gasteiger partial charge >= 0.3 is 0 Å². The third-order valence-electron chi connectivity index (χ3n) is 6.02. The molecule has 0 saturated carbocycles. The normalized spacial score (nSPS) is 15.9. The van der Waals surface area contributed by atoms with Crippen LogP contribution in [0, 0.1) is 0 Å². The van der Waals surface area contributed by atoms with Gasteiger partial charge in [-0.2, -0.15) is 4.98 Å². The first-order valence-electron chi connectivity index (χ1n) is 11.5. The van der Waals surface area contributed by atoms with Crippen molar-refractivity contribution in [2.24, 2.45) is 0 Å². The molecule has 0 bridgehead atoms. The largest absolute Gasteiger partial charge is 0.497 e. The lowest BCUT2D eigenvalue weighted by Gasteiger charge is -2.37. The maximum absolute atomic E-state index is 5.81. The topological polar surface area (TPSA) is 72.7 Å². The molecular formula is C26H30N4O3S. The Hall–Kier alpha value is -3.39. The van der Waals surface area contributed by atoms with E-state index in [-0.39, 0.29) is 6.04 Å². The van der Waals surface area contributed by atoms with Crippen molar-refractivity contribution in [1.29, 1.82) is 0 Å². The summed E-state index contributed by atoms with van der Waals surface area (Å²) in [6.07, 6.45) is 3.34. The molecule has 1 N–H and O–H groups in total. The van der Waals surface area contributed by atoms with Crippen molar-refractivity contribution >= 4 is 22.9 Å². The fraction of sp³-hybridized carbons (Fsp3) is 0.346. The average Bonchev–Trinajstić information content (AvgIpc) is 3.35. The highest BCUT2D eigenvalue weighted by Gasteiger charge is 2.34. The summed E-state index contributed by atoms with van der Waals surface area (Å²) in [6.45, 7) is 5.10. The highest BCUT2D eigenvalue weighted by atomic mass is 32.1. The van der Waals surface area contributed by atoms with Crippen molar-refractivity contribution in [1.82, 2.24) is 20.4 Å². The van der Waals surface area contributed by atoms with Crippen molar-refractivity contribution in [2.75, 3.05) is 20.8 Å². The smallest absolute Gasteiger partial charge is 0.258 e. The van der Waals surface area contributed by atoms with Crippen molar-refractivity contribution in [2.45, 2.75) is 39.2 Å². The van der Waals surface area contributed by atoms with Crippen LogP contribution in [0.1, 0.15) is 50.6 Å². The van der Waals surface area contributed by atoms with E-state index in [9.17, 15) is 0 Å². The van der Waals surface area contributed by atoms with Gasteiger partial charge in [0.05, 0.1) is 25.8 Å². The molecule has 0 saturated heterocycles. The predicted molar refractivity (Wildman–Crippen MR) is 137 cm³/mol. The number of aromatic nitrogens is 2. The molecule has 1 aliphatic heterocycles. The highest BCUT2D eigenvalue weighted by molar-refractivity contribution is 7.80. The van der Waals surface area contributed by atoms with E-state index in [1.54, 1.807) is 14.2 Å². The van der Waals surface area contributed by atoms with Gasteiger partial charge < -0.3 is 24.2 Å². The number of nitrogens with zero attached hydrogens (tertiary/aromatic N) is 3. The second-order valence-electron chi connectivity index (χ2n) is 8.17. The molecule has 1 unspecified atom stereocenters. The summed E-state index contributed by atoms with van der Waals surface area (Å²) in [7, 11) is 3.29. The maximum Gasteiger partial charge on any atom is 0.258 e. The number of thiocarbonyl (C=S) groups is 1. The number of unbranched alkanes of at least 4 members (excludes halogenated alkanes) is 2. The molecule has 0 amide bonds. The number of hydrogen-bond acceptors (Lipinski definition) is 6. The number of hydrogen-bond donors (Lipinski definition) is 1. The second kappa shape index (κ2) is 10.7. The Labute approximate surface area is 205 Å². The number of allylic oxidation sites excluding steroid dienone is 1. The molecule has 8 heteroatoms. The van der Waals surface area contributed by atoms with E-state index < -0.39 is 0 Å². The van der Waals surface area contributed by atoms with Gasteiger partial charge in [0.15, 0.2) is 5.11 Å². The van der Waals surface area contributed by atoms with E-state index in [1.165, 1.54) is 0 Å². The van der Waals surface area contributed by atoms with Crippen LogP contribution in [0.5, 0.6) is 11.5 Å². The van der Waals surface area contributed by atoms with Crippen molar-refractivity contribution in [3.63, 3.8) is 0 Å². The quantitative estimate of drug-likeness (QED) is 0.314. The van der Waals surface area contributed by atoms with Crippen LogP contribution in [-0.4, -0.2) is 40.9 Å². The lowest BCUT2D eigenvalue weighted by Crippen LogP contribution is -2.46. The molecule has 1 atom stereocenters. The van der Waals surface area contributed by atoms with E-state index >= 15 is 0 Å². The molecule has 0 aliphatic carbocycles. The Morgan fingerprint density at radius 3 is 2.53 bits per heavy atom. The lowest BCUT2D eigenvalue weighted by atomic mass is 9.94. The Morgan fingerprint density at radius 1 is 1.06 bits per heavy atom. The Kier molecular flexibility index (Phi) is 7.47. The van der Waals surface area contributed by atoms with Gasteiger partial charge in [-0.1, -0.05) is 49.2 Å². The summed E-state index contributed by atoms with van der Waals surface area (Å²) < 4.78 is 16.5. The fourth-order valence-corrected chi connectivity index (χ4v) is 4.45. The zero-order valence-corrected chi connectivity index (χ0v) is 20.8. The van der Waals surface area contributed by atoms with E-state index in [2.05, 4.69) is 29.2 Å². The fourth-order valence-electron chi connectivity index (χ4n) is 4.11. The number of ether oxygens (including phenoxy) is 2. The molecule has 178 valence electrons. The standard InChI is InChI=1S/C26H30N4O3S/c1-5-6-7-15-30-17(2)22(23(27-26(30)34)18-11-13-20(31-3)14-12-18)25-28-24(29-33-25)19-9-8-10-21(16-19)32-4/h8-14,16,23H,5-7,15H2,1-4H3,(H,27,34). The van der Waals surface area contributed by atoms with Gasteiger partial charge in [0.1, 0.15) is 11.5 Å². The number of nitrogens with one attached hydrogen (secondary N) is 1. The van der Waals surface area contributed by atoms with Crippen LogP contribution in [0.15, 0.2) is 58.8 Å². The van der Waals surface area contributed by atoms with Gasteiger partial charge in [-0.05, 0) is 55.4 Å². The van der Waals surface area contributed by atoms with Crippen LogP contribution in [0.3, 0.4) is 0 Å². The molecule has 0 fully saturated rings. The molecule has 34 heavy (non-hydrogen) atoms. The van der Waals surface area contributed by atoms with E-state index in [1.807, 2.05) is 48.5 Å². The van der Waals surface area contributed by atoms with Crippen LogP contribution in [0.4, 0.5) is 0 Å². The predicted octanol–water partition coefficient (Wildman–Crippen LogP) is 5.61. The molecule has 2 aromatic carbocycles. The molecule has 0 radical (unpaired) electrons. The SMILES string of the molecule is CCCCCN1C(=S)NC(c2ccc(OC)cc2)C(c2nc(-c3cccc(OC)c3)no2)=C1C. The summed E-state index contributed by atoms with van der Waals surface area (Å²) in [6, 6.07) is 15.3. The number of methoxy groups -OCH3 is 2. The third-order valence-corrected chi connectivity index (χ3v) is 6.35. The Morgan fingerprint density at radius 2 is 1.82 bits per heavy atom. The number of rotatable bonds is 9. The Bertz CT molecular complexity index is 1170. The molecular weight excluding hydrogens is 448 g/mol. The summed E-state index contributed by atoms with van der Waals surface area (Å²) in [5, 5.41) is 8.48. The van der Waals surface area contributed by atoms with E-state index in [0.717, 1.165) is 59.7 Å². The van der Waals surface area contributed by atoms with Gasteiger partial charge in [-0.25, -0.2) is 0 Å². The average molecular weight is 479 g/mol. The first kappa shape index (κ1) is 23.8. The second-order valence-corrected chi connectivity index (χ2v) is 8.56. The molecule has 1 aromatic heterocycles. The van der Waals surface area contributed by atoms with Gasteiger partial charge in [-0.3, -0.25) is 0 Å². The summed E-state index contributed by atoms with van der Waals surface area (Å²) in [5.74, 6) is 2.51. The zero-order chi connectivity index (χ0) is 24.1. The zero-order valence-electron chi connectivity index (χ0n) is 20.0. The van der Waals surface area contributed by atoms with Crippen LogP contribution >= 0.6 is 12.2 Å². The third kappa shape index (κ3) is 4.92. The van der Waals surface area contributed by atoms with E-state index in [4.69, 9.17) is 31.2 Å². The summed E-state index contributed by atoms with van der Waals surface area (Å²) in [5.41, 5.74) is 3.79. The van der Waals surface area contributed by atoms with Crippen LogP contribution in [0.25, 0.3) is 17.0 Å². The van der Waals surface area contributed by atoms with Gasteiger partial charge in [0, 0.05) is 17.8 Å². The van der Waals surface area contributed by atoms with Crippen LogP contribution in [0.2, 0.25) is 0 Å². The Balaban J connectivity index is 1.76. The molecule has 7 nitrogen and oxygen atoms in total. The first-order chi connectivity index (χ1) is 16.5. The van der Waals surface area contributed by atoms with Crippen LogP contribution in [-0.2, 0) is 0 Å².